The van der Waals surface area contributed by atoms with Gasteiger partial charge < -0.3 is 20.2 Å². The first-order valence-electron chi connectivity index (χ1n) is 14.0. The van der Waals surface area contributed by atoms with E-state index in [4.69, 9.17) is 0 Å². The fraction of sp³-hybridized carbons (Fsp3) is 0.484. The molecule has 40 heavy (non-hydrogen) atoms. The zero-order valence-electron chi connectivity index (χ0n) is 23.4. The summed E-state index contributed by atoms with van der Waals surface area (Å²) >= 11 is 0. The van der Waals surface area contributed by atoms with E-state index in [1.165, 1.54) is 34.1 Å². The third-order valence-electron chi connectivity index (χ3n) is 7.96. The molecule has 0 aromatic heterocycles. The van der Waals surface area contributed by atoms with Crippen LogP contribution < -0.4 is 5.32 Å². The maximum atomic E-state index is 13.9. The molecule has 2 atom stereocenters. The standard InChI is InChI=1S/C31H38FN3O5/c1-31(2,3)23-13-9-21(10-14-23)29(39)34-17-18-35(30(40)22-11-15-24(32)16-12-22)28(34)27(38)33-25(19-26(36)37)20-7-5-4-6-8-20/h9-16,20,25,28H,4-8,17-19H2,1-3H3,(H,33,38)(H,36,37). The van der Waals surface area contributed by atoms with Crippen LogP contribution in [-0.2, 0) is 15.0 Å². The molecule has 1 saturated carbocycles. The molecule has 0 spiro atoms. The minimum atomic E-state index is -1.27. The van der Waals surface area contributed by atoms with E-state index in [0.717, 1.165) is 37.7 Å². The molecule has 214 valence electrons. The Bertz CT molecular complexity index is 1230. The monoisotopic (exact) mass is 551 g/mol. The zero-order valence-corrected chi connectivity index (χ0v) is 23.4. The lowest BCUT2D eigenvalue weighted by Crippen LogP contribution is -2.57. The first kappa shape index (κ1) is 29.2. The van der Waals surface area contributed by atoms with Crippen LogP contribution in [-0.4, -0.2) is 63.9 Å². The van der Waals surface area contributed by atoms with Gasteiger partial charge in [-0.1, -0.05) is 52.2 Å². The van der Waals surface area contributed by atoms with Gasteiger partial charge in [-0.15, -0.1) is 0 Å². The van der Waals surface area contributed by atoms with Crippen LogP contribution in [0.15, 0.2) is 48.5 Å². The van der Waals surface area contributed by atoms with Crippen LogP contribution in [0.5, 0.6) is 0 Å². The normalized spacial score (nSPS) is 18.9. The van der Waals surface area contributed by atoms with E-state index < -0.39 is 41.7 Å². The summed E-state index contributed by atoms with van der Waals surface area (Å²) in [5.41, 5.74) is 1.53. The Morgan fingerprint density at radius 3 is 1.85 bits per heavy atom. The summed E-state index contributed by atoms with van der Waals surface area (Å²) in [5.74, 6) is -3.01. The summed E-state index contributed by atoms with van der Waals surface area (Å²) < 4.78 is 13.5. The third-order valence-corrected chi connectivity index (χ3v) is 7.96. The van der Waals surface area contributed by atoms with Gasteiger partial charge in [0.05, 0.1) is 6.42 Å². The summed E-state index contributed by atoms with van der Waals surface area (Å²) in [6, 6.07) is 11.6. The van der Waals surface area contributed by atoms with Gasteiger partial charge >= 0.3 is 5.97 Å². The van der Waals surface area contributed by atoms with Gasteiger partial charge in [0, 0.05) is 30.3 Å². The third kappa shape index (κ3) is 6.69. The van der Waals surface area contributed by atoms with Crippen molar-refractivity contribution in [2.24, 2.45) is 5.92 Å². The lowest BCUT2D eigenvalue weighted by Gasteiger charge is -2.34. The average Bonchev–Trinajstić information content (AvgIpc) is 3.37. The quantitative estimate of drug-likeness (QED) is 0.524. The number of carbonyl (C=O) groups excluding carboxylic acids is 3. The fourth-order valence-corrected chi connectivity index (χ4v) is 5.69. The van der Waals surface area contributed by atoms with E-state index >= 15 is 0 Å². The van der Waals surface area contributed by atoms with Gasteiger partial charge in [0.1, 0.15) is 5.82 Å². The van der Waals surface area contributed by atoms with Crippen molar-refractivity contribution in [3.05, 3.63) is 71.0 Å². The Morgan fingerprint density at radius 1 is 0.875 bits per heavy atom. The van der Waals surface area contributed by atoms with E-state index in [1.807, 2.05) is 12.1 Å². The second-order valence-electron chi connectivity index (χ2n) is 11.8. The van der Waals surface area contributed by atoms with Gasteiger partial charge in [-0.3, -0.25) is 19.2 Å². The highest BCUT2D eigenvalue weighted by atomic mass is 19.1. The van der Waals surface area contributed by atoms with Gasteiger partial charge in [0.2, 0.25) is 0 Å². The summed E-state index contributed by atoms with van der Waals surface area (Å²) in [7, 11) is 0. The number of carboxylic acid groups (broad SMARTS) is 1. The number of rotatable bonds is 7. The summed E-state index contributed by atoms with van der Waals surface area (Å²) in [4.78, 5) is 55.4. The fourth-order valence-electron chi connectivity index (χ4n) is 5.69. The number of hydrogen-bond acceptors (Lipinski definition) is 4. The van der Waals surface area contributed by atoms with Crippen molar-refractivity contribution >= 4 is 23.7 Å². The number of benzene rings is 2. The molecule has 9 heteroatoms. The molecule has 2 fully saturated rings. The van der Waals surface area contributed by atoms with Gasteiger partial charge in [-0.2, -0.15) is 0 Å². The molecule has 2 aromatic rings. The largest absolute Gasteiger partial charge is 0.481 e. The molecule has 2 aliphatic rings. The Hall–Kier alpha value is -3.75. The van der Waals surface area contributed by atoms with Crippen molar-refractivity contribution in [1.82, 2.24) is 15.1 Å². The van der Waals surface area contributed by atoms with Crippen LogP contribution in [0, 0.1) is 11.7 Å². The minimum Gasteiger partial charge on any atom is -0.481 e. The predicted octanol–water partition coefficient (Wildman–Crippen LogP) is 4.59. The number of hydrogen-bond donors (Lipinski definition) is 2. The highest BCUT2D eigenvalue weighted by Crippen LogP contribution is 2.29. The van der Waals surface area contributed by atoms with Crippen LogP contribution in [0.25, 0.3) is 0 Å². The number of aliphatic carboxylic acids is 1. The SMILES string of the molecule is CC(C)(C)c1ccc(C(=O)N2CCN(C(=O)c3ccc(F)cc3)C2C(=O)NC(CC(=O)O)C2CCCCC2)cc1. The Morgan fingerprint density at radius 2 is 1.38 bits per heavy atom. The van der Waals surface area contributed by atoms with E-state index in [0.29, 0.717) is 5.56 Å². The van der Waals surface area contributed by atoms with Gasteiger partial charge in [0.25, 0.3) is 17.7 Å². The van der Waals surface area contributed by atoms with Crippen molar-refractivity contribution < 1.29 is 28.7 Å². The lowest BCUT2D eigenvalue weighted by atomic mass is 9.82. The highest BCUT2D eigenvalue weighted by Gasteiger charge is 2.44. The molecular weight excluding hydrogens is 513 g/mol. The molecule has 1 aliphatic carbocycles. The van der Waals surface area contributed by atoms with Crippen molar-refractivity contribution in [1.29, 1.82) is 0 Å². The minimum absolute atomic E-state index is 0.00514. The molecule has 2 aromatic carbocycles. The Kier molecular flexibility index (Phi) is 8.91. The van der Waals surface area contributed by atoms with E-state index in [2.05, 4.69) is 26.1 Å². The lowest BCUT2D eigenvalue weighted by molar-refractivity contribution is -0.138. The smallest absolute Gasteiger partial charge is 0.305 e. The van der Waals surface area contributed by atoms with Crippen LogP contribution in [0.1, 0.15) is 85.6 Å². The van der Waals surface area contributed by atoms with Crippen molar-refractivity contribution in [3.8, 4) is 0 Å². The average molecular weight is 552 g/mol. The molecule has 3 amide bonds. The van der Waals surface area contributed by atoms with Crippen LogP contribution in [0.3, 0.4) is 0 Å². The van der Waals surface area contributed by atoms with Crippen molar-refractivity contribution in [2.45, 2.75) is 76.9 Å². The molecule has 1 aliphatic heterocycles. The van der Waals surface area contributed by atoms with E-state index in [1.54, 1.807) is 12.1 Å². The molecule has 4 rings (SSSR count). The maximum Gasteiger partial charge on any atom is 0.305 e. The van der Waals surface area contributed by atoms with E-state index in [-0.39, 0.29) is 36.4 Å². The van der Waals surface area contributed by atoms with E-state index in [9.17, 15) is 28.7 Å². The molecule has 1 heterocycles. The van der Waals surface area contributed by atoms with Crippen molar-refractivity contribution in [3.63, 3.8) is 0 Å². The molecule has 1 saturated heterocycles. The number of halogens is 1. The van der Waals surface area contributed by atoms with Crippen LogP contribution >= 0.6 is 0 Å². The number of nitrogens with zero attached hydrogens (tertiary/aromatic N) is 2. The number of nitrogens with one attached hydrogen (secondary N) is 1. The number of carboxylic acids is 1. The Labute approximate surface area is 234 Å². The van der Waals surface area contributed by atoms with Gasteiger partial charge in [-0.25, -0.2) is 4.39 Å². The molecular formula is C31H38FN3O5. The second-order valence-corrected chi connectivity index (χ2v) is 11.8. The molecule has 2 unspecified atom stereocenters. The predicted molar refractivity (Wildman–Crippen MR) is 148 cm³/mol. The van der Waals surface area contributed by atoms with Gasteiger partial charge in [-0.05, 0) is 66.1 Å². The highest BCUT2D eigenvalue weighted by molar-refractivity contribution is 6.02. The topological polar surface area (TPSA) is 107 Å². The van der Waals surface area contributed by atoms with Crippen LogP contribution in [0.4, 0.5) is 4.39 Å². The summed E-state index contributed by atoms with van der Waals surface area (Å²) in [5, 5.41) is 12.5. The first-order chi connectivity index (χ1) is 19.0. The second kappa shape index (κ2) is 12.2. The molecule has 0 bridgehead atoms. The van der Waals surface area contributed by atoms with Crippen LogP contribution in [0.2, 0.25) is 0 Å². The first-order valence-corrected chi connectivity index (χ1v) is 14.0. The Balaban J connectivity index is 1.64. The number of amides is 3. The zero-order chi connectivity index (χ0) is 29.0. The molecule has 2 N–H and O–H groups in total. The van der Waals surface area contributed by atoms with Gasteiger partial charge in [0.15, 0.2) is 6.17 Å². The summed E-state index contributed by atoms with van der Waals surface area (Å²) in [6.45, 7) is 6.45. The number of carbonyl (C=O) groups is 4. The maximum absolute atomic E-state index is 13.9. The molecule has 8 nitrogen and oxygen atoms in total. The molecule has 0 radical (unpaired) electrons. The van der Waals surface area contributed by atoms with Crippen molar-refractivity contribution in [2.75, 3.05) is 13.1 Å². The summed E-state index contributed by atoms with van der Waals surface area (Å²) in [6.07, 6.45) is 3.11.